The van der Waals surface area contributed by atoms with E-state index in [0.717, 1.165) is 26.2 Å². The molecule has 0 atom stereocenters. The number of hydrogen-bond acceptors (Lipinski definition) is 4. The Morgan fingerprint density at radius 1 is 1.15 bits per heavy atom. The largest absolute Gasteiger partial charge is 0.464 e. The van der Waals surface area contributed by atoms with E-state index < -0.39 is 5.97 Å². The summed E-state index contributed by atoms with van der Waals surface area (Å²) in [6.07, 6.45) is 0. The van der Waals surface area contributed by atoms with Crippen molar-refractivity contribution in [2.75, 3.05) is 7.11 Å². The lowest BCUT2D eigenvalue weighted by atomic mass is 10.0. The number of ether oxygens (including phenoxy) is 1. The fourth-order valence-electron chi connectivity index (χ4n) is 2.27. The molecule has 0 aliphatic rings. The molecule has 1 aromatic heterocycles. The van der Waals surface area contributed by atoms with Crippen LogP contribution in [0.2, 0.25) is 0 Å². The molecule has 0 saturated carbocycles. The summed E-state index contributed by atoms with van der Waals surface area (Å²) in [6, 6.07) is 14.2. The van der Waals surface area contributed by atoms with E-state index in [2.05, 4.69) is 23.2 Å². The van der Waals surface area contributed by atoms with Crippen molar-refractivity contribution in [1.82, 2.24) is 4.98 Å². The third-order valence-corrected chi connectivity index (χ3v) is 4.15. The minimum Gasteiger partial charge on any atom is -0.464 e. The van der Waals surface area contributed by atoms with Crippen LogP contribution in [0, 0.1) is 6.92 Å². The Bertz CT molecular complexity index is 787. The lowest BCUT2D eigenvalue weighted by Gasteiger charge is -2.05. The van der Waals surface area contributed by atoms with Gasteiger partial charge in [-0.2, -0.15) is 0 Å². The highest BCUT2D eigenvalue weighted by atomic mass is 32.1. The zero-order valence-electron chi connectivity index (χ0n) is 11.2. The molecule has 0 saturated heterocycles. The van der Waals surface area contributed by atoms with Gasteiger partial charge in [0.05, 0.1) is 17.0 Å². The summed E-state index contributed by atoms with van der Waals surface area (Å²) >= 11 is 1.51. The molecule has 3 aromatic rings. The highest BCUT2D eigenvalue weighted by Gasteiger charge is 2.19. The SMILES string of the molecule is COC(=O)c1nc(C)sc1-c1cccc2ccccc12. The van der Waals surface area contributed by atoms with Crippen LogP contribution in [0.4, 0.5) is 0 Å². The standard InChI is InChI=1S/C16H13NO2S/c1-10-17-14(16(18)19-2)15(20-10)13-9-5-7-11-6-3-4-8-12(11)13/h3-9H,1-2H3. The normalized spacial score (nSPS) is 10.7. The number of methoxy groups -OCH3 is 1. The Morgan fingerprint density at radius 3 is 2.70 bits per heavy atom. The molecule has 0 spiro atoms. The number of nitrogens with zero attached hydrogens (tertiary/aromatic N) is 1. The molecule has 0 amide bonds. The van der Waals surface area contributed by atoms with Crippen molar-refractivity contribution >= 4 is 28.1 Å². The van der Waals surface area contributed by atoms with Gasteiger partial charge in [-0.05, 0) is 17.7 Å². The van der Waals surface area contributed by atoms with E-state index in [-0.39, 0.29) is 0 Å². The number of thiazole rings is 1. The van der Waals surface area contributed by atoms with Crippen molar-refractivity contribution < 1.29 is 9.53 Å². The average Bonchev–Trinajstić information content (AvgIpc) is 2.87. The molecule has 2 aromatic carbocycles. The Hall–Kier alpha value is -2.20. The van der Waals surface area contributed by atoms with Gasteiger partial charge in [0.15, 0.2) is 5.69 Å². The number of aryl methyl sites for hydroxylation is 1. The number of rotatable bonds is 2. The lowest BCUT2D eigenvalue weighted by Crippen LogP contribution is -2.03. The number of hydrogen-bond donors (Lipinski definition) is 0. The van der Waals surface area contributed by atoms with Crippen LogP contribution in [0.15, 0.2) is 42.5 Å². The quantitative estimate of drug-likeness (QED) is 0.666. The van der Waals surface area contributed by atoms with Crippen LogP contribution in [0.3, 0.4) is 0 Å². The molecule has 3 nitrogen and oxygen atoms in total. The van der Waals surface area contributed by atoms with Crippen LogP contribution in [0.25, 0.3) is 21.2 Å². The van der Waals surface area contributed by atoms with Gasteiger partial charge in [-0.3, -0.25) is 0 Å². The summed E-state index contributed by atoms with van der Waals surface area (Å²) in [7, 11) is 1.38. The van der Waals surface area contributed by atoms with Gasteiger partial charge < -0.3 is 4.74 Å². The maximum Gasteiger partial charge on any atom is 0.358 e. The number of benzene rings is 2. The Balaban J connectivity index is 2.29. The maximum absolute atomic E-state index is 11.9. The van der Waals surface area contributed by atoms with Crippen LogP contribution in [0.5, 0.6) is 0 Å². The first kappa shape index (κ1) is 12.8. The van der Waals surface area contributed by atoms with Crippen LogP contribution < -0.4 is 0 Å². The van der Waals surface area contributed by atoms with Crippen molar-refractivity contribution in [3.63, 3.8) is 0 Å². The minimum absolute atomic E-state index is 0.391. The van der Waals surface area contributed by atoms with Gasteiger partial charge in [-0.15, -0.1) is 11.3 Å². The van der Waals surface area contributed by atoms with Crippen molar-refractivity contribution in [2.45, 2.75) is 6.92 Å². The van der Waals surface area contributed by atoms with E-state index >= 15 is 0 Å². The molecule has 0 aliphatic heterocycles. The van der Waals surface area contributed by atoms with Crippen LogP contribution >= 0.6 is 11.3 Å². The van der Waals surface area contributed by atoms with Gasteiger partial charge in [-0.25, -0.2) is 9.78 Å². The topological polar surface area (TPSA) is 39.2 Å². The van der Waals surface area contributed by atoms with Crippen LogP contribution in [-0.4, -0.2) is 18.1 Å². The van der Waals surface area contributed by atoms with Crippen molar-refractivity contribution in [3.05, 3.63) is 53.2 Å². The van der Waals surface area contributed by atoms with Crippen LogP contribution in [0.1, 0.15) is 15.5 Å². The second-order valence-electron chi connectivity index (χ2n) is 4.43. The minimum atomic E-state index is -0.391. The smallest absolute Gasteiger partial charge is 0.358 e. The third-order valence-electron chi connectivity index (χ3n) is 3.15. The van der Waals surface area contributed by atoms with E-state index in [1.165, 1.54) is 18.4 Å². The Morgan fingerprint density at radius 2 is 1.90 bits per heavy atom. The molecule has 0 N–H and O–H groups in total. The van der Waals surface area contributed by atoms with Gasteiger partial charge in [0.25, 0.3) is 0 Å². The average molecular weight is 283 g/mol. The zero-order valence-corrected chi connectivity index (χ0v) is 12.0. The third kappa shape index (κ3) is 2.08. The fourth-order valence-corrected chi connectivity index (χ4v) is 3.21. The highest BCUT2D eigenvalue weighted by Crippen LogP contribution is 2.35. The summed E-state index contributed by atoms with van der Waals surface area (Å²) in [5.41, 5.74) is 1.42. The molecule has 0 radical (unpaired) electrons. The number of carbonyl (C=O) groups is 1. The summed E-state index contributed by atoms with van der Waals surface area (Å²) in [5, 5.41) is 3.11. The Labute approximate surface area is 120 Å². The number of fused-ring (bicyclic) bond motifs is 1. The van der Waals surface area contributed by atoms with E-state index in [1.807, 2.05) is 31.2 Å². The second kappa shape index (κ2) is 5.06. The molecule has 4 heteroatoms. The first-order chi connectivity index (χ1) is 9.70. The Kier molecular flexibility index (Phi) is 3.24. The lowest BCUT2D eigenvalue weighted by molar-refractivity contribution is 0.0595. The summed E-state index contributed by atoms with van der Waals surface area (Å²) in [4.78, 5) is 17.1. The van der Waals surface area contributed by atoms with Crippen LogP contribution in [-0.2, 0) is 4.74 Å². The van der Waals surface area contributed by atoms with Gasteiger partial charge in [0.2, 0.25) is 0 Å². The first-order valence-electron chi connectivity index (χ1n) is 6.24. The molecule has 0 unspecified atom stereocenters. The fraction of sp³-hybridized carbons (Fsp3) is 0.125. The summed E-state index contributed by atoms with van der Waals surface area (Å²) in [5.74, 6) is -0.391. The summed E-state index contributed by atoms with van der Waals surface area (Å²) < 4.78 is 4.83. The first-order valence-corrected chi connectivity index (χ1v) is 7.06. The molecule has 0 bridgehead atoms. The molecule has 0 aliphatic carbocycles. The van der Waals surface area contributed by atoms with Gasteiger partial charge >= 0.3 is 5.97 Å². The van der Waals surface area contributed by atoms with E-state index in [9.17, 15) is 4.79 Å². The second-order valence-corrected chi connectivity index (χ2v) is 5.63. The van der Waals surface area contributed by atoms with E-state index in [0.29, 0.717) is 5.69 Å². The number of aromatic nitrogens is 1. The predicted octanol–water partition coefficient (Wildman–Crippen LogP) is 4.06. The molecular weight excluding hydrogens is 270 g/mol. The predicted molar refractivity (Wildman–Crippen MR) is 81.1 cm³/mol. The van der Waals surface area contributed by atoms with E-state index in [4.69, 9.17) is 4.74 Å². The molecule has 0 fully saturated rings. The molecular formula is C16H13NO2S. The monoisotopic (exact) mass is 283 g/mol. The maximum atomic E-state index is 11.9. The van der Waals surface area contributed by atoms with Crippen molar-refractivity contribution in [3.8, 4) is 10.4 Å². The van der Waals surface area contributed by atoms with E-state index in [1.54, 1.807) is 0 Å². The molecule has 3 rings (SSSR count). The molecule has 1 heterocycles. The summed E-state index contributed by atoms with van der Waals surface area (Å²) in [6.45, 7) is 1.89. The van der Waals surface area contributed by atoms with Gasteiger partial charge in [0, 0.05) is 5.56 Å². The zero-order chi connectivity index (χ0) is 14.1. The van der Waals surface area contributed by atoms with Crippen molar-refractivity contribution in [2.24, 2.45) is 0 Å². The molecule has 20 heavy (non-hydrogen) atoms. The van der Waals surface area contributed by atoms with Gasteiger partial charge in [-0.1, -0.05) is 42.5 Å². The van der Waals surface area contributed by atoms with Crippen molar-refractivity contribution in [1.29, 1.82) is 0 Å². The highest BCUT2D eigenvalue weighted by molar-refractivity contribution is 7.15. The molecule has 100 valence electrons. The number of esters is 1. The van der Waals surface area contributed by atoms with Gasteiger partial charge in [0.1, 0.15) is 0 Å². The number of carbonyl (C=O) groups excluding carboxylic acids is 1.